The highest BCUT2D eigenvalue weighted by Gasteiger charge is 2.49. The molecule has 14 heavy (non-hydrogen) atoms. The lowest BCUT2D eigenvalue weighted by Gasteiger charge is -2.16. The van der Waals surface area contributed by atoms with Gasteiger partial charge in [0, 0.05) is 6.08 Å². The Bertz CT molecular complexity index is 370. The van der Waals surface area contributed by atoms with E-state index >= 15 is 0 Å². The van der Waals surface area contributed by atoms with Gasteiger partial charge >= 0.3 is 0 Å². The quantitative estimate of drug-likeness (QED) is 0.376. The largest absolute Gasteiger partial charge is 0.493 e. The van der Waals surface area contributed by atoms with Crippen LogP contribution in [-0.4, -0.2) is 18.7 Å². The van der Waals surface area contributed by atoms with E-state index in [0.717, 1.165) is 6.08 Å². The monoisotopic (exact) mass is 190 g/mol. The van der Waals surface area contributed by atoms with Gasteiger partial charge in [-0.1, -0.05) is 12.0 Å². The van der Waals surface area contributed by atoms with E-state index < -0.39 is 17.0 Å². The molecule has 0 radical (unpaired) electrons. The third kappa shape index (κ3) is 1.16. The lowest BCUT2D eigenvalue weighted by Crippen LogP contribution is -2.32. The third-order valence-corrected chi connectivity index (χ3v) is 2.21. The van der Waals surface area contributed by atoms with Gasteiger partial charge in [-0.15, -0.1) is 13.0 Å². The highest BCUT2D eigenvalue weighted by Crippen LogP contribution is 2.34. The number of rotatable bonds is 3. The van der Waals surface area contributed by atoms with Crippen molar-refractivity contribution >= 4 is 11.6 Å². The molecule has 0 heterocycles. The number of methoxy groups -OCH3 is 1. The minimum absolute atomic E-state index is 0.0230. The van der Waals surface area contributed by atoms with Gasteiger partial charge in [-0.25, -0.2) is 0 Å². The number of terminal acetylenes is 1. The maximum absolute atomic E-state index is 11.7. The first-order valence-electron chi connectivity index (χ1n) is 4.06. The van der Waals surface area contributed by atoms with Gasteiger partial charge in [0.05, 0.1) is 7.11 Å². The fraction of sp³-hybridized carbons (Fsp3) is 0.273. The van der Waals surface area contributed by atoms with Crippen molar-refractivity contribution in [3.8, 4) is 12.3 Å². The number of carbonyl (C=O) groups excluding carboxylic acids is 2. The van der Waals surface area contributed by atoms with Gasteiger partial charge in [0.2, 0.25) is 5.78 Å². The van der Waals surface area contributed by atoms with Crippen LogP contribution >= 0.6 is 0 Å². The zero-order valence-corrected chi connectivity index (χ0v) is 7.87. The summed E-state index contributed by atoms with van der Waals surface area (Å²) in [4.78, 5) is 23.2. The number of ketones is 2. The van der Waals surface area contributed by atoms with Gasteiger partial charge in [0.25, 0.3) is 0 Å². The van der Waals surface area contributed by atoms with Gasteiger partial charge in [0.15, 0.2) is 17.0 Å². The van der Waals surface area contributed by atoms with E-state index in [1.807, 2.05) is 0 Å². The number of Topliss-reactive ketones (excluding diaryl/α,β-unsaturated/α-hetero) is 1. The Kier molecular flexibility index (Phi) is 2.57. The smallest absolute Gasteiger partial charge is 0.223 e. The second-order valence-corrected chi connectivity index (χ2v) is 2.95. The van der Waals surface area contributed by atoms with Crippen LogP contribution in [-0.2, 0) is 14.3 Å². The first-order chi connectivity index (χ1) is 6.62. The molecule has 0 spiro atoms. The second kappa shape index (κ2) is 3.51. The summed E-state index contributed by atoms with van der Waals surface area (Å²) < 4.78 is 4.76. The highest BCUT2D eigenvalue weighted by atomic mass is 16.5. The number of ether oxygens (including phenoxy) is 1. The molecule has 0 fully saturated rings. The summed E-state index contributed by atoms with van der Waals surface area (Å²) in [5, 5.41) is 0. The van der Waals surface area contributed by atoms with Gasteiger partial charge in [-0.2, -0.15) is 0 Å². The summed E-state index contributed by atoms with van der Waals surface area (Å²) in [6.07, 6.45) is 7.97. The minimum atomic E-state index is -1.41. The van der Waals surface area contributed by atoms with Crippen LogP contribution in [0.25, 0.3) is 0 Å². The number of hydrogen-bond acceptors (Lipinski definition) is 3. The average Bonchev–Trinajstić information content (AvgIpc) is 2.43. The summed E-state index contributed by atoms with van der Waals surface area (Å²) in [5.41, 5.74) is -1.41. The predicted molar refractivity (Wildman–Crippen MR) is 51.2 cm³/mol. The van der Waals surface area contributed by atoms with E-state index in [9.17, 15) is 9.59 Å². The molecule has 0 aromatic rings. The van der Waals surface area contributed by atoms with Crippen molar-refractivity contribution in [1.29, 1.82) is 0 Å². The van der Waals surface area contributed by atoms with E-state index in [4.69, 9.17) is 11.2 Å². The van der Waals surface area contributed by atoms with E-state index in [-0.39, 0.29) is 12.2 Å². The van der Waals surface area contributed by atoms with Crippen LogP contribution in [0.2, 0.25) is 0 Å². The molecule has 0 saturated heterocycles. The molecule has 3 heteroatoms. The Morgan fingerprint density at radius 3 is 2.71 bits per heavy atom. The summed E-state index contributed by atoms with van der Waals surface area (Å²) in [5.74, 6) is 1.41. The second-order valence-electron chi connectivity index (χ2n) is 2.95. The molecule has 1 unspecified atom stereocenters. The molecule has 1 atom stereocenters. The molecule has 0 aromatic heterocycles. The van der Waals surface area contributed by atoms with Crippen LogP contribution in [0.1, 0.15) is 6.42 Å². The molecule has 1 aliphatic carbocycles. The molecule has 1 aliphatic rings. The third-order valence-electron chi connectivity index (χ3n) is 2.21. The van der Waals surface area contributed by atoms with Gasteiger partial charge in [-0.05, 0) is 6.42 Å². The van der Waals surface area contributed by atoms with Crippen LogP contribution in [0.5, 0.6) is 0 Å². The average molecular weight is 190 g/mol. The normalized spacial score (nSPS) is 25.6. The van der Waals surface area contributed by atoms with Crippen molar-refractivity contribution < 1.29 is 14.3 Å². The molecule has 0 aliphatic heterocycles. The van der Waals surface area contributed by atoms with Crippen molar-refractivity contribution in [2.75, 3.05) is 7.11 Å². The fourth-order valence-corrected chi connectivity index (χ4v) is 1.39. The van der Waals surface area contributed by atoms with E-state index in [0.29, 0.717) is 0 Å². The zero-order chi connectivity index (χ0) is 10.8. The maximum Gasteiger partial charge on any atom is 0.223 e. The topological polar surface area (TPSA) is 43.4 Å². The summed E-state index contributed by atoms with van der Waals surface area (Å²) in [7, 11) is 1.33. The molecule has 1 rings (SSSR count). The van der Waals surface area contributed by atoms with Crippen molar-refractivity contribution in [3.63, 3.8) is 0 Å². The Morgan fingerprint density at radius 1 is 1.71 bits per heavy atom. The fourth-order valence-electron chi connectivity index (χ4n) is 1.39. The summed E-state index contributed by atoms with van der Waals surface area (Å²) in [6.45, 7) is 3.47. The lowest BCUT2D eigenvalue weighted by atomic mass is 9.81. The SMILES string of the molecule is C#CC1(CC=C)C(=O)C=C(OC)C1=O. The Balaban J connectivity index is 3.16. The van der Waals surface area contributed by atoms with Crippen LogP contribution < -0.4 is 0 Å². The molecule has 0 aromatic carbocycles. The van der Waals surface area contributed by atoms with Gasteiger partial charge in [0.1, 0.15) is 0 Å². The van der Waals surface area contributed by atoms with Crippen molar-refractivity contribution in [3.05, 3.63) is 24.5 Å². The van der Waals surface area contributed by atoms with Crippen molar-refractivity contribution in [1.82, 2.24) is 0 Å². The zero-order valence-electron chi connectivity index (χ0n) is 7.87. The Morgan fingerprint density at radius 2 is 2.36 bits per heavy atom. The molecule has 3 nitrogen and oxygen atoms in total. The standard InChI is InChI=1S/C11H10O3/c1-4-6-11(5-2)9(12)7-8(14-3)10(11)13/h2,4,7H,1,6H2,3H3. The highest BCUT2D eigenvalue weighted by molar-refractivity contribution is 6.26. The molecule has 0 bridgehead atoms. The van der Waals surface area contributed by atoms with Crippen LogP contribution in [0.4, 0.5) is 0 Å². The van der Waals surface area contributed by atoms with Crippen LogP contribution in [0, 0.1) is 17.8 Å². The molecule has 0 saturated carbocycles. The van der Waals surface area contributed by atoms with Gasteiger partial charge < -0.3 is 4.74 Å². The number of hydrogen-bond donors (Lipinski definition) is 0. The first kappa shape index (κ1) is 10.3. The molecule has 72 valence electrons. The Labute approximate surface area is 82.4 Å². The van der Waals surface area contributed by atoms with Crippen LogP contribution in [0.3, 0.4) is 0 Å². The number of carbonyl (C=O) groups is 2. The Hall–Kier alpha value is -1.82. The summed E-state index contributed by atoms with van der Waals surface area (Å²) in [6, 6.07) is 0. The van der Waals surface area contributed by atoms with Crippen molar-refractivity contribution in [2.24, 2.45) is 5.41 Å². The van der Waals surface area contributed by atoms with Crippen LogP contribution in [0.15, 0.2) is 24.5 Å². The lowest BCUT2D eigenvalue weighted by molar-refractivity contribution is -0.131. The first-order valence-corrected chi connectivity index (χ1v) is 4.06. The molecular formula is C11H10O3. The summed E-state index contributed by atoms with van der Waals surface area (Å²) >= 11 is 0. The molecular weight excluding hydrogens is 180 g/mol. The van der Waals surface area contributed by atoms with E-state index in [2.05, 4.69) is 12.5 Å². The maximum atomic E-state index is 11.7. The van der Waals surface area contributed by atoms with Crippen molar-refractivity contribution in [2.45, 2.75) is 6.42 Å². The van der Waals surface area contributed by atoms with E-state index in [1.165, 1.54) is 13.2 Å². The molecule has 0 amide bonds. The minimum Gasteiger partial charge on any atom is -0.493 e. The predicted octanol–water partition coefficient (Wildman–Crippen LogP) is 0.864. The van der Waals surface area contributed by atoms with E-state index in [1.54, 1.807) is 0 Å². The molecule has 0 N–H and O–H groups in total. The van der Waals surface area contributed by atoms with Gasteiger partial charge in [-0.3, -0.25) is 9.59 Å². The number of allylic oxidation sites excluding steroid dienone is 3.